The Bertz CT molecular complexity index is 1040. The van der Waals surface area contributed by atoms with E-state index in [1.165, 1.54) is 41.3 Å². The first-order chi connectivity index (χ1) is 13.2. The number of aliphatic hydroxyl groups is 2. The molecule has 0 aromatic heterocycles. The second-order valence-electron chi connectivity index (χ2n) is 7.83. The van der Waals surface area contributed by atoms with Gasteiger partial charge in [-0.2, -0.15) is 0 Å². The van der Waals surface area contributed by atoms with E-state index in [0.717, 1.165) is 40.6 Å². The van der Waals surface area contributed by atoms with Gasteiger partial charge in [-0.05, 0) is 82.2 Å². The number of ether oxygens (including phenoxy) is 1. The molecule has 2 N–H and O–H groups in total. The number of hydrogen-bond donors (Lipinski definition) is 2. The van der Waals surface area contributed by atoms with E-state index in [1.54, 1.807) is 7.11 Å². The highest BCUT2D eigenvalue weighted by atomic mass is 16.5. The van der Waals surface area contributed by atoms with Crippen LogP contribution in [0.2, 0.25) is 0 Å². The van der Waals surface area contributed by atoms with Crippen molar-refractivity contribution >= 4 is 21.5 Å². The molecule has 1 unspecified atom stereocenters. The summed E-state index contributed by atoms with van der Waals surface area (Å²) in [6.45, 7) is 2.17. The molecule has 2 heterocycles. The van der Waals surface area contributed by atoms with Crippen molar-refractivity contribution in [3.63, 3.8) is 0 Å². The second kappa shape index (κ2) is 6.48. The normalized spacial score (nSPS) is 19.4. The van der Waals surface area contributed by atoms with E-state index in [0.29, 0.717) is 6.04 Å². The van der Waals surface area contributed by atoms with Crippen LogP contribution >= 0.6 is 0 Å². The molecule has 1 saturated heterocycles. The van der Waals surface area contributed by atoms with Gasteiger partial charge in [0.2, 0.25) is 0 Å². The molecule has 140 valence electrons. The van der Waals surface area contributed by atoms with Crippen molar-refractivity contribution in [1.29, 1.82) is 0 Å². The van der Waals surface area contributed by atoms with Gasteiger partial charge in [-0.1, -0.05) is 12.1 Å². The van der Waals surface area contributed by atoms with Crippen LogP contribution in [0.25, 0.3) is 21.5 Å². The molecule has 27 heavy (non-hydrogen) atoms. The minimum Gasteiger partial charge on any atom is -0.496 e. The average molecular weight is 363 g/mol. The van der Waals surface area contributed by atoms with E-state index in [-0.39, 0.29) is 13.2 Å². The fourth-order valence-corrected chi connectivity index (χ4v) is 5.10. The first-order valence-corrected chi connectivity index (χ1v) is 9.76. The number of nitrogens with zero attached hydrogens (tertiary/aromatic N) is 1. The number of benzene rings is 3. The topological polar surface area (TPSA) is 52.9 Å². The molecule has 0 radical (unpaired) electrons. The van der Waals surface area contributed by atoms with Crippen molar-refractivity contribution in [3.8, 4) is 5.75 Å². The Morgan fingerprint density at radius 2 is 1.85 bits per heavy atom. The number of hydrogen-bond acceptors (Lipinski definition) is 4. The molecular weight excluding hydrogens is 338 g/mol. The highest BCUT2D eigenvalue weighted by Gasteiger charge is 2.32. The van der Waals surface area contributed by atoms with Crippen molar-refractivity contribution in [2.45, 2.75) is 45.1 Å². The molecular formula is C23H25NO3. The minimum absolute atomic E-state index is 0.0335. The Morgan fingerprint density at radius 1 is 1.00 bits per heavy atom. The number of rotatable bonds is 3. The van der Waals surface area contributed by atoms with Crippen LogP contribution in [0.5, 0.6) is 5.75 Å². The molecule has 2 aliphatic rings. The maximum Gasteiger partial charge on any atom is 0.125 e. The second-order valence-corrected chi connectivity index (χ2v) is 7.83. The fraction of sp³-hybridized carbons (Fsp3) is 0.391. The maximum atomic E-state index is 9.82. The number of fused-ring (bicyclic) bond motifs is 7. The molecule has 0 aliphatic carbocycles. The van der Waals surface area contributed by atoms with Gasteiger partial charge in [0, 0.05) is 18.2 Å². The van der Waals surface area contributed by atoms with Gasteiger partial charge in [0.05, 0.1) is 20.3 Å². The lowest BCUT2D eigenvalue weighted by Crippen LogP contribution is -2.35. The molecule has 1 fully saturated rings. The summed E-state index contributed by atoms with van der Waals surface area (Å²) < 4.78 is 5.57. The zero-order valence-electron chi connectivity index (χ0n) is 15.7. The number of methoxy groups -OCH3 is 1. The van der Waals surface area contributed by atoms with Crippen LogP contribution in [0.15, 0.2) is 30.3 Å². The monoisotopic (exact) mass is 363 g/mol. The summed E-state index contributed by atoms with van der Waals surface area (Å²) in [6.07, 6.45) is 3.63. The maximum absolute atomic E-state index is 9.82. The molecule has 0 spiro atoms. The first-order valence-electron chi connectivity index (χ1n) is 9.76. The van der Waals surface area contributed by atoms with Gasteiger partial charge in [-0.15, -0.1) is 0 Å². The Kier molecular flexibility index (Phi) is 4.08. The van der Waals surface area contributed by atoms with E-state index in [9.17, 15) is 10.2 Å². The Labute approximate surface area is 159 Å². The zero-order chi connectivity index (χ0) is 18.5. The molecule has 3 aromatic carbocycles. The zero-order valence-corrected chi connectivity index (χ0v) is 15.7. The lowest BCUT2D eigenvalue weighted by molar-refractivity contribution is 0.229. The predicted octanol–water partition coefficient (Wildman–Crippen LogP) is 3.51. The lowest BCUT2D eigenvalue weighted by atomic mass is 9.84. The van der Waals surface area contributed by atoms with Crippen molar-refractivity contribution in [2.75, 3.05) is 13.7 Å². The summed E-state index contributed by atoms with van der Waals surface area (Å²) in [5, 5.41) is 24.3. The highest BCUT2D eigenvalue weighted by Crippen LogP contribution is 2.42. The van der Waals surface area contributed by atoms with Crippen LogP contribution in [0.3, 0.4) is 0 Å². The van der Waals surface area contributed by atoms with Crippen molar-refractivity contribution in [3.05, 3.63) is 52.6 Å². The third-order valence-corrected chi connectivity index (χ3v) is 6.46. The van der Waals surface area contributed by atoms with Gasteiger partial charge in [-0.3, -0.25) is 4.90 Å². The van der Waals surface area contributed by atoms with Crippen LogP contribution in [0, 0.1) is 0 Å². The summed E-state index contributed by atoms with van der Waals surface area (Å²) in [7, 11) is 1.66. The molecule has 4 heteroatoms. The third-order valence-electron chi connectivity index (χ3n) is 6.46. The van der Waals surface area contributed by atoms with E-state index >= 15 is 0 Å². The van der Waals surface area contributed by atoms with Crippen molar-refractivity contribution < 1.29 is 14.9 Å². The highest BCUT2D eigenvalue weighted by molar-refractivity contribution is 6.11. The van der Waals surface area contributed by atoms with Crippen molar-refractivity contribution in [2.24, 2.45) is 0 Å². The van der Waals surface area contributed by atoms with Gasteiger partial charge in [0.15, 0.2) is 0 Å². The van der Waals surface area contributed by atoms with Gasteiger partial charge >= 0.3 is 0 Å². The molecule has 1 atom stereocenters. The van der Waals surface area contributed by atoms with Gasteiger partial charge in [-0.25, -0.2) is 0 Å². The Morgan fingerprint density at radius 3 is 2.63 bits per heavy atom. The smallest absolute Gasteiger partial charge is 0.125 e. The van der Waals surface area contributed by atoms with Crippen LogP contribution in [0.4, 0.5) is 0 Å². The minimum atomic E-state index is -0.0478. The molecule has 5 rings (SSSR count). The summed E-state index contributed by atoms with van der Waals surface area (Å²) in [5.41, 5.74) is 4.57. The molecule has 2 aliphatic heterocycles. The van der Waals surface area contributed by atoms with Crippen LogP contribution in [-0.2, 0) is 26.2 Å². The van der Waals surface area contributed by atoms with E-state index in [1.807, 2.05) is 6.07 Å². The van der Waals surface area contributed by atoms with Gasteiger partial charge in [0.1, 0.15) is 5.75 Å². The third kappa shape index (κ3) is 2.55. The molecule has 3 aromatic rings. The Hall–Kier alpha value is -2.14. The molecule has 0 amide bonds. The van der Waals surface area contributed by atoms with E-state index in [4.69, 9.17) is 4.74 Å². The summed E-state index contributed by atoms with van der Waals surface area (Å²) >= 11 is 0. The van der Waals surface area contributed by atoms with Crippen LogP contribution in [0.1, 0.15) is 35.1 Å². The lowest BCUT2D eigenvalue weighted by Gasteiger charge is -2.33. The number of aliphatic hydroxyl groups excluding tert-OH is 2. The molecule has 4 nitrogen and oxygen atoms in total. The predicted molar refractivity (Wildman–Crippen MR) is 107 cm³/mol. The summed E-state index contributed by atoms with van der Waals surface area (Å²) in [4.78, 5) is 2.62. The molecule has 0 bridgehead atoms. The Balaban J connectivity index is 1.88. The largest absolute Gasteiger partial charge is 0.496 e. The standard InChI is InChI=1S/C23H25NO3/c1-27-23-10-21-19(8-15(23)13-26)18-7-14(12-25)4-5-17(18)22-11-24-6-2-3-16(24)9-20(21)22/h4-5,7-8,10,16,25-26H,2-3,6,9,11-13H2,1H3. The van der Waals surface area contributed by atoms with E-state index in [2.05, 4.69) is 29.2 Å². The van der Waals surface area contributed by atoms with Crippen LogP contribution in [-0.4, -0.2) is 34.8 Å². The average Bonchev–Trinajstić information content (AvgIpc) is 3.18. The van der Waals surface area contributed by atoms with Crippen molar-refractivity contribution in [1.82, 2.24) is 4.90 Å². The van der Waals surface area contributed by atoms with Gasteiger partial charge in [0.25, 0.3) is 0 Å². The summed E-state index contributed by atoms with van der Waals surface area (Å²) in [6, 6.07) is 11.1. The fourth-order valence-electron chi connectivity index (χ4n) is 5.10. The van der Waals surface area contributed by atoms with Gasteiger partial charge < -0.3 is 14.9 Å². The summed E-state index contributed by atoms with van der Waals surface area (Å²) in [5.74, 6) is 0.749. The quantitative estimate of drug-likeness (QED) is 0.699. The first kappa shape index (κ1) is 17.0. The van der Waals surface area contributed by atoms with Crippen LogP contribution < -0.4 is 4.74 Å². The molecule has 0 saturated carbocycles. The van der Waals surface area contributed by atoms with E-state index < -0.39 is 0 Å². The SMILES string of the molecule is COc1cc2c3c(c4ccc(CO)cc4c2cc1CO)CN1CCCC1C3.